The number of unbranched alkanes of at least 4 members (excludes halogenated alkanes) is 1. The van der Waals surface area contributed by atoms with E-state index in [4.69, 9.17) is 0 Å². The van der Waals surface area contributed by atoms with Crippen molar-refractivity contribution in [2.45, 2.75) is 64.9 Å². The van der Waals surface area contributed by atoms with Gasteiger partial charge in [-0.05, 0) is 43.4 Å². The van der Waals surface area contributed by atoms with Crippen molar-refractivity contribution in [2.75, 3.05) is 6.54 Å². The SMILES string of the molecule is CCCC[C@@]1(O)C=C[C@H]2CC=CC[C@H]2[C@@H]1C(=O)NCCC(C)C. The first-order valence-corrected chi connectivity index (χ1v) is 9.32. The topological polar surface area (TPSA) is 49.3 Å². The summed E-state index contributed by atoms with van der Waals surface area (Å²) in [5.74, 6) is 0.916. The van der Waals surface area contributed by atoms with E-state index in [9.17, 15) is 9.90 Å². The van der Waals surface area contributed by atoms with Crippen LogP contribution in [0.3, 0.4) is 0 Å². The molecule has 0 saturated heterocycles. The van der Waals surface area contributed by atoms with Crippen LogP contribution in [0.4, 0.5) is 0 Å². The summed E-state index contributed by atoms with van der Waals surface area (Å²) in [6, 6.07) is 0. The third-order valence-corrected chi connectivity index (χ3v) is 5.37. The Kier molecular flexibility index (Phi) is 6.46. The van der Waals surface area contributed by atoms with Crippen LogP contribution in [0.1, 0.15) is 59.3 Å². The Bertz CT molecular complexity index is 455. The highest BCUT2D eigenvalue weighted by Crippen LogP contribution is 2.44. The Morgan fingerprint density at radius 3 is 2.78 bits per heavy atom. The molecule has 2 N–H and O–H groups in total. The zero-order valence-corrected chi connectivity index (χ0v) is 14.9. The van der Waals surface area contributed by atoms with Gasteiger partial charge in [-0.2, -0.15) is 0 Å². The van der Waals surface area contributed by atoms with Crippen molar-refractivity contribution < 1.29 is 9.90 Å². The van der Waals surface area contributed by atoms with Crippen LogP contribution in [0.5, 0.6) is 0 Å². The number of hydrogen-bond donors (Lipinski definition) is 2. The number of nitrogens with one attached hydrogen (secondary N) is 1. The molecule has 0 saturated carbocycles. The number of rotatable bonds is 7. The lowest BCUT2D eigenvalue weighted by Crippen LogP contribution is -2.53. The minimum atomic E-state index is -0.982. The van der Waals surface area contributed by atoms with Gasteiger partial charge in [0.2, 0.25) is 5.91 Å². The Balaban J connectivity index is 2.15. The summed E-state index contributed by atoms with van der Waals surface area (Å²) in [6.07, 6.45) is 14.0. The fourth-order valence-corrected chi connectivity index (χ4v) is 3.94. The summed E-state index contributed by atoms with van der Waals surface area (Å²) in [6.45, 7) is 7.15. The zero-order valence-electron chi connectivity index (χ0n) is 14.9. The minimum Gasteiger partial charge on any atom is -0.385 e. The van der Waals surface area contributed by atoms with Gasteiger partial charge in [-0.15, -0.1) is 0 Å². The van der Waals surface area contributed by atoms with Crippen LogP contribution in [0.25, 0.3) is 0 Å². The van der Waals surface area contributed by atoms with Crippen molar-refractivity contribution in [1.82, 2.24) is 5.32 Å². The molecule has 4 atom stereocenters. The molecule has 0 spiro atoms. The fourth-order valence-electron chi connectivity index (χ4n) is 3.94. The van der Waals surface area contributed by atoms with E-state index in [1.165, 1.54) is 0 Å². The zero-order chi connectivity index (χ0) is 16.9. The van der Waals surface area contributed by atoms with Crippen molar-refractivity contribution in [3.05, 3.63) is 24.3 Å². The fraction of sp³-hybridized carbons (Fsp3) is 0.750. The van der Waals surface area contributed by atoms with Gasteiger partial charge in [0.05, 0.1) is 11.5 Å². The quantitative estimate of drug-likeness (QED) is 0.701. The van der Waals surface area contributed by atoms with Crippen LogP contribution in [0.2, 0.25) is 0 Å². The van der Waals surface area contributed by atoms with Crippen LogP contribution in [-0.2, 0) is 4.79 Å². The lowest BCUT2D eigenvalue weighted by molar-refractivity contribution is -0.138. The van der Waals surface area contributed by atoms with Crippen molar-refractivity contribution in [3.8, 4) is 0 Å². The number of aliphatic hydroxyl groups is 1. The predicted molar refractivity (Wildman–Crippen MR) is 94.9 cm³/mol. The Hall–Kier alpha value is -1.09. The van der Waals surface area contributed by atoms with Gasteiger partial charge in [-0.25, -0.2) is 0 Å². The molecule has 3 nitrogen and oxygen atoms in total. The standard InChI is InChI=1S/C20H33NO2/c1-4-5-12-20(23)13-10-16-8-6-7-9-17(16)18(20)19(22)21-14-11-15(2)3/h6-7,10,13,15-18,23H,4-5,8-9,11-12,14H2,1-3H3,(H,21,22)/t16-,17-,18-,20-/m1/s1. The first kappa shape index (κ1) is 18.3. The molecule has 0 aromatic heterocycles. The maximum absolute atomic E-state index is 12.9. The summed E-state index contributed by atoms with van der Waals surface area (Å²) in [7, 11) is 0. The number of fused-ring (bicyclic) bond motifs is 1. The van der Waals surface area contributed by atoms with Crippen molar-refractivity contribution in [3.63, 3.8) is 0 Å². The molecule has 2 rings (SSSR count). The van der Waals surface area contributed by atoms with Crippen molar-refractivity contribution in [2.24, 2.45) is 23.7 Å². The summed E-state index contributed by atoms with van der Waals surface area (Å²) >= 11 is 0. The van der Waals surface area contributed by atoms with Gasteiger partial charge >= 0.3 is 0 Å². The molecule has 0 fully saturated rings. The van der Waals surface area contributed by atoms with Crippen molar-refractivity contribution in [1.29, 1.82) is 0 Å². The van der Waals surface area contributed by atoms with E-state index in [0.29, 0.717) is 24.8 Å². The molecule has 130 valence electrons. The van der Waals surface area contributed by atoms with Crippen LogP contribution in [-0.4, -0.2) is 23.2 Å². The van der Waals surface area contributed by atoms with E-state index in [1.807, 2.05) is 6.08 Å². The van der Waals surface area contributed by atoms with Gasteiger partial charge in [0.1, 0.15) is 0 Å². The number of carbonyl (C=O) groups is 1. The van der Waals surface area contributed by atoms with Gasteiger partial charge in [0.25, 0.3) is 0 Å². The molecule has 0 unspecified atom stereocenters. The summed E-state index contributed by atoms with van der Waals surface area (Å²) < 4.78 is 0. The van der Waals surface area contributed by atoms with E-state index < -0.39 is 5.60 Å². The van der Waals surface area contributed by atoms with E-state index in [0.717, 1.165) is 32.1 Å². The highest BCUT2D eigenvalue weighted by molar-refractivity contribution is 5.81. The minimum absolute atomic E-state index is 0.0407. The van der Waals surface area contributed by atoms with Crippen LogP contribution in [0, 0.1) is 23.7 Å². The number of amides is 1. The van der Waals surface area contributed by atoms with Crippen LogP contribution >= 0.6 is 0 Å². The van der Waals surface area contributed by atoms with E-state index >= 15 is 0 Å². The number of hydrogen-bond acceptors (Lipinski definition) is 2. The molecular weight excluding hydrogens is 286 g/mol. The Morgan fingerprint density at radius 2 is 2.09 bits per heavy atom. The normalized spacial score (nSPS) is 32.8. The van der Waals surface area contributed by atoms with E-state index in [2.05, 4.69) is 44.3 Å². The first-order chi connectivity index (χ1) is 11.0. The average molecular weight is 319 g/mol. The van der Waals surface area contributed by atoms with Gasteiger partial charge in [-0.3, -0.25) is 4.79 Å². The average Bonchev–Trinajstić information content (AvgIpc) is 2.52. The van der Waals surface area contributed by atoms with E-state index in [-0.39, 0.29) is 17.7 Å². The third-order valence-electron chi connectivity index (χ3n) is 5.37. The van der Waals surface area contributed by atoms with Gasteiger partial charge in [0, 0.05) is 6.54 Å². The second-order valence-corrected chi connectivity index (χ2v) is 7.68. The summed E-state index contributed by atoms with van der Waals surface area (Å²) in [4.78, 5) is 12.9. The second-order valence-electron chi connectivity index (χ2n) is 7.68. The Labute approximate surface area is 141 Å². The largest absolute Gasteiger partial charge is 0.385 e. The second kappa shape index (κ2) is 8.14. The maximum Gasteiger partial charge on any atom is 0.226 e. The molecule has 0 aromatic rings. The maximum atomic E-state index is 12.9. The van der Waals surface area contributed by atoms with Gasteiger partial charge in [-0.1, -0.05) is 57.9 Å². The Morgan fingerprint density at radius 1 is 1.35 bits per heavy atom. The van der Waals surface area contributed by atoms with E-state index in [1.54, 1.807) is 0 Å². The van der Waals surface area contributed by atoms with Gasteiger partial charge in [0.15, 0.2) is 0 Å². The van der Waals surface area contributed by atoms with Crippen LogP contribution < -0.4 is 5.32 Å². The molecule has 0 heterocycles. The summed E-state index contributed by atoms with van der Waals surface area (Å²) in [5, 5.41) is 14.3. The number of carbonyl (C=O) groups excluding carboxylic acids is 1. The molecule has 1 amide bonds. The van der Waals surface area contributed by atoms with Crippen LogP contribution in [0.15, 0.2) is 24.3 Å². The molecular formula is C20H33NO2. The van der Waals surface area contributed by atoms with Crippen molar-refractivity contribution >= 4 is 5.91 Å². The highest BCUT2D eigenvalue weighted by atomic mass is 16.3. The highest BCUT2D eigenvalue weighted by Gasteiger charge is 2.48. The third kappa shape index (κ3) is 4.47. The molecule has 23 heavy (non-hydrogen) atoms. The monoisotopic (exact) mass is 319 g/mol. The summed E-state index contributed by atoms with van der Waals surface area (Å²) in [5.41, 5.74) is -0.982. The molecule has 2 aliphatic carbocycles. The molecule has 2 aliphatic rings. The molecule has 0 bridgehead atoms. The molecule has 3 heteroatoms. The lowest BCUT2D eigenvalue weighted by atomic mass is 9.63. The first-order valence-electron chi connectivity index (χ1n) is 9.32. The molecule has 0 aromatic carbocycles. The number of allylic oxidation sites excluding steroid dienone is 3. The molecule has 0 aliphatic heterocycles. The van der Waals surface area contributed by atoms with Gasteiger partial charge < -0.3 is 10.4 Å². The lowest BCUT2D eigenvalue weighted by Gasteiger charge is -2.45. The molecule has 0 radical (unpaired) electrons. The predicted octanol–water partition coefficient (Wildman–Crippen LogP) is 3.84. The smallest absolute Gasteiger partial charge is 0.226 e.